The van der Waals surface area contributed by atoms with E-state index in [1.165, 1.54) is 12.1 Å². The Morgan fingerprint density at radius 1 is 1.19 bits per heavy atom. The van der Waals surface area contributed by atoms with Crippen LogP contribution in [0.2, 0.25) is 0 Å². The predicted molar refractivity (Wildman–Crippen MR) is 80.0 cm³/mol. The number of nitrogens with two attached hydrogens (primary N) is 1. The summed E-state index contributed by atoms with van der Waals surface area (Å²) in [4.78, 5) is 33.8. The molecule has 8 heteroatoms. The first-order valence-corrected chi connectivity index (χ1v) is 7.41. The number of carboxylic acid groups (broad SMARTS) is 2. The van der Waals surface area contributed by atoms with Crippen LogP contribution in [0.5, 0.6) is 0 Å². The van der Waals surface area contributed by atoms with E-state index in [4.69, 9.17) is 15.9 Å². The van der Waals surface area contributed by atoms with Gasteiger partial charge in [0.2, 0.25) is 5.91 Å². The summed E-state index contributed by atoms with van der Waals surface area (Å²) >= 11 is 1.55. The number of anilines is 1. The minimum atomic E-state index is -1.28. The van der Waals surface area contributed by atoms with Crippen LogP contribution in [-0.4, -0.2) is 46.1 Å². The van der Waals surface area contributed by atoms with Gasteiger partial charge in [0, 0.05) is 5.69 Å². The zero-order valence-electron chi connectivity index (χ0n) is 11.3. The van der Waals surface area contributed by atoms with Crippen molar-refractivity contribution in [1.29, 1.82) is 0 Å². The molecule has 21 heavy (non-hydrogen) atoms. The van der Waals surface area contributed by atoms with Crippen molar-refractivity contribution in [3.05, 3.63) is 29.3 Å². The average molecular weight is 312 g/mol. The number of carbonyl (C=O) groups excluding carboxylic acids is 1. The van der Waals surface area contributed by atoms with E-state index in [1.54, 1.807) is 11.8 Å². The highest BCUT2D eigenvalue weighted by molar-refractivity contribution is 7.98. The number of amides is 1. The zero-order chi connectivity index (χ0) is 16.0. The van der Waals surface area contributed by atoms with E-state index in [1.807, 2.05) is 6.26 Å². The number of aromatic carboxylic acids is 2. The maximum atomic E-state index is 11.8. The lowest BCUT2D eigenvalue weighted by Crippen LogP contribution is -2.36. The maximum Gasteiger partial charge on any atom is 0.335 e. The molecule has 0 fully saturated rings. The summed E-state index contributed by atoms with van der Waals surface area (Å²) in [7, 11) is 0. The van der Waals surface area contributed by atoms with Gasteiger partial charge >= 0.3 is 11.9 Å². The molecule has 5 N–H and O–H groups in total. The van der Waals surface area contributed by atoms with Crippen molar-refractivity contribution in [3.8, 4) is 0 Å². The summed E-state index contributed by atoms with van der Waals surface area (Å²) in [5.74, 6) is -2.33. The summed E-state index contributed by atoms with van der Waals surface area (Å²) in [6.07, 6.45) is 2.36. The van der Waals surface area contributed by atoms with Crippen molar-refractivity contribution in [3.63, 3.8) is 0 Å². The minimum Gasteiger partial charge on any atom is -0.478 e. The Bertz CT molecular complexity index is 529. The highest BCUT2D eigenvalue weighted by atomic mass is 32.2. The van der Waals surface area contributed by atoms with Gasteiger partial charge in [0.25, 0.3) is 0 Å². The first-order chi connectivity index (χ1) is 9.85. The van der Waals surface area contributed by atoms with E-state index in [0.29, 0.717) is 12.2 Å². The van der Waals surface area contributed by atoms with Gasteiger partial charge in [-0.05, 0) is 36.6 Å². The number of thioether (sulfide) groups is 1. The Labute approximate surface area is 125 Å². The number of hydrogen-bond donors (Lipinski definition) is 4. The summed E-state index contributed by atoms with van der Waals surface area (Å²) in [5, 5.41) is 20.3. The van der Waals surface area contributed by atoms with Crippen LogP contribution < -0.4 is 11.1 Å². The maximum absolute atomic E-state index is 11.8. The lowest BCUT2D eigenvalue weighted by atomic mass is 10.1. The molecule has 1 aromatic carbocycles. The summed E-state index contributed by atoms with van der Waals surface area (Å²) in [6, 6.07) is 2.66. The van der Waals surface area contributed by atoms with Crippen LogP contribution >= 0.6 is 11.8 Å². The number of rotatable bonds is 7. The van der Waals surface area contributed by atoms with Gasteiger partial charge in [-0.3, -0.25) is 4.79 Å². The Hall–Kier alpha value is -2.06. The van der Waals surface area contributed by atoms with E-state index in [9.17, 15) is 14.4 Å². The van der Waals surface area contributed by atoms with Crippen LogP contribution in [0.15, 0.2) is 18.2 Å². The lowest BCUT2D eigenvalue weighted by Gasteiger charge is -2.12. The molecule has 0 heterocycles. The second-order valence-electron chi connectivity index (χ2n) is 4.29. The van der Waals surface area contributed by atoms with Crippen LogP contribution in [0.4, 0.5) is 5.69 Å². The highest BCUT2D eigenvalue weighted by Crippen LogP contribution is 2.16. The third-order valence-electron chi connectivity index (χ3n) is 2.66. The topological polar surface area (TPSA) is 130 Å². The molecule has 1 amide bonds. The third-order valence-corrected chi connectivity index (χ3v) is 3.31. The molecule has 0 spiro atoms. The van der Waals surface area contributed by atoms with Gasteiger partial charge in [-0.1, -0.05) is 0 Å². The van der Waals surface area contributed by atoms with E-state index in [0.717, 1.165) is 6.07 Å². The average Bonchev–Trinajstić information content (AvgIpc) is 2.44. The van der Waals surface area contributed by atoms with Crippen LogP contribution in [0, 0.1) is 0 Å². The number of carbonyl (C=O) groups is 3. The smallest absolute Gasteiger partial charge is 0.335 e. The molecule has 1 aromatic rings. The Morgan fingerprint density at radius 2 is 1.71 bits per heavy atom. The fourth-order valence-electron chi connectivity index (χ4n) is 1.56. The van der Waals surface area contributed by atoms with Gasteiger partial charge < -0.3 is 21.3 Å². The molecule has 0 unspecified atom stereocenters. The van der Waals surface area contributed by atoms with Gasteiger partial charge in [-0.2, -0.15) is 11.8 Å². The van der Waals surface area contributed by atoms with Crippen molar-refractivity contribution >= 4 is 35.3 Å². The van der Waals surface area contributed by atoms with Gasteiger partial charge in [-0.15, -0.1) is 0 Å². The van der Waals surface area contributed by atoms with E-state index >= 15 is 0 Å². The van der Waals surface area contributed by atoms with Gasteiger partial charge in [0.05, 0.1) is 17.2 Å². The molecule has 0 radical (unpaired) electrons. The van der Waals surface area contributed by atoms with E-state index in [2.05, 4.69) is 5.32 Å². The van der Waals surface area contributed by atoms with Crippen molar-refractivity contribution < 1.29 is 24.6 Å². The third kappa shape index (κ3) is 5.09. The molecule has 0 aliphatic heterocycles. The summed E-state index contributed by atoms with van der Waals surface area (Å²) in [5.41, 5.74) is 5.34. The molecule has 7 nitrogen and oxygen atoms in total. The molecule has 1 atom stereocenters. The van der Waals surface area contributed by atoms with Crippen molar-refractivity contribution in [2.75, 3.05) is 17.3 Å². The largest absolute Gasteiger partial charge is 0.478 e. The Kier molecular flexibility index (Phi) is 6.19. The molecule has 1 rings (SSSR count). The quantitative estimate of drug-likeness (QED) is 0.593. The molecule has 114 valence electrons. The molecule has 0 bridgehead atoms. The van der Waals surface area contributed by atoms with Crippen LogP contribution in [0.25, 0.3) is 0 Å². The van der Waals surface area contributed by atoms with E-state index < -0.39 is 23.9 Å². The standard InChI is InChI=1S/C13H16N2O5S/c1-21-3-2-10(14)11(16)15-9-5-7(12(17)18)4-8(6-9)13(19)20/h4-6,10H,2-3,14H2,1H3,(H,15,16)(H,17,18)(H,19,20)/t10-/m0/s1. The van der Waals surface area contributed by atoms with Crippen molar-refractivity contribution in [2.45, 2.75) is 12.5 Å². The SMILES string of the molecule is CSCC[C@H](N)C(=O)Nc1cc(C(=O)O)cc(C(=O)O)c1. The number of benzene rings is 1. The van der Waals surface area contributed by atoms with Gasteiger partial charge in [-0.25, -0.2) is 9.59 Å². The molecule has 0 aliphatic rings. The zero-order valence-corrected chi connectivity index (χ0v) is 12.1. The summed E-state index contributed by atoms with van der Waals surface area (Å²) in [6.45, 7) is 0. The number of nitrogens with one attached hydrogen (secondary N) is 1. The first kappa shape index (κ1) is 17.0. The molecule has 0 aliphatic carbocycles. The summed E-state index contributed by atoms with van der Waals surface area (Å²) < 4.78 is 0. The lowest BCUT2D eigenvalue weighted by molar-refractivity contribution is -0.117. The highest BCUT2D eigenvalue weighted by Gasteiger charge is 2.16. The van der Waals surface area contributed by atoms with Crippen LogP contribution in [0.1, 0.15) is 27.1 Å². The van der Waals surface area contributed by atoms with Gasteiger partial charge in [0.1, 0.15) is 0 Å². The molecule has 0 saturated carbocycles. The predicted octanol–water partition coefficient (Wildman–Crippen LogP) is 1.10. The van der Waals surface area contributed by atoms with Crippen molar-refractivity contribution in [1.82, 2.24) is 0 Å². The molecular formula is C13H16N2O5S. The normalized spacial score (nSPS) is 11.7. The second kappa shape index (κ2) is 7.65. The van der Waals surface area contributed by atoms with Gasteiger partial charge in [0.15, 0.2) is 0 Å². The van der Waals surface area contributed by atoms with Crippen LogP contribution in [0.3, 0.4) is 0 Å². The molecule has 0 saturated heterocycles. The Morgan fingerprint density at radius 3 is 2.14 bits per heavy atom. The fourth-order valence-corrected chi connectivity index (χ4v) is 2.05. The second-order valence-corrected chi connectivity index (χ2v) is 5.27. The van der Waals surface area contributed by atoms with E-state index in [-0.39, 0.29) is 16.8 Å². The monoisotopic (exact) mass is 312 g/mol. The molecular weight excluding hydrogens is 296 g/mol. The number of hydrogen-bond acceptors (Lipinski definition) is 5. The fraction of sp³-hybridized carbons (Fsp3) is 0.308. The molecule has 0 aromatic heterocycles. The van der Waals surface area contributed by atoms with Crippen molar-refractivity contribution in [2.24, 2.45) is 5.73 Å². The number of carboxylic acids is 2. The Balaban J connectivity index is 2.94. The minimum absolute atomic E-state index is 0.0944. The van der Waals surface area contributed by atoms with Crippen LogP contribution in [-0.2, 0) is 4.79 Å². The first-order valence-electron chi connectivity index (χ1n) is 6.02.